The molecule has 78 valence electrons. The third kappa shape index (κ3) is 1.73. The molecule has 3 nitrogen and oxygen atoms in total. The van der Waals surface area contributed by atoms with Gasteiger partial charge in [0.15, 0.2) is 5.65 Å². The maximum Gasteiger partial charge on any atom is 0.155 e. The molecular weight excluding hydrogens is 210 g/mol. The standard InChI is InChI=1S/C11H12ClN3/c12-10-2-1-5-15-9(7-14-11(10)15)6-13-8-3-4-8/h1-2,5,7-8,13H,3-4,6H2. The lowest BCUT2D eigenvalue weighted by atomic mass is 10.4. The minimum absolute atomic E-state index is 0.704. The Balaban J connectivity index is 1.92. The molecule has 15 heavy (non-hydrogen) atoms. The number of aromatic nitrogens is 2. The van der Waals surface area contributed by atoms with Crippen molar-refractivity contribution in [3.05, 3.63) is 35.2 Å². The van der Waals surface area contributed by atoms with Crippen LogP contribution in [0.1, 0.15) is 18.5 Å². The van der Waals surface area contributed by atoms with E-state index in [1.165, 1.54) is 18.5 Å². The third-order valence-electron chi connectivity index (χ3n) is 2.71. The predicted molar refractivity (Wildman–Crippen MR) is 60.1 cm³/mol. The number of nitrogens with one attached hydrogen (secondary N) is 1. The molecular formula is C11H12ClN3. The van der Waals surface area contributed by atoms with E-state index in [1.807, 2.05) is 28.9 Å². The number of hydrogen-bond donors (Lipinski definition) is 1. The molecule has 2 aromatic rings. The molecule has 0 spiro atoms. The molecule has 0 amide bonds. The van der Waals surface area contributed by atoms with E-state index in [1.54, 1.807) is 0 Å². The molecule has 2 aromatic heterocycles. The van der Waals surface area contributed by atoms with Gasteiger partial charge in [0.1, 0.15) is 0 Å². The zero-order valence-corrected chi connectivity index (χ0v) is 9.04. The van der Waals surface area contributed by atoms with Gasteiger partial charge in [0.05, 0.1) is 16.9 Å². The van der Waals surface area contributed by atoms with Crippen LogP contribution in [0.3, 0.4) is 0 Å². The second-order valence-electron chi connectivity index (χ2n) is 3.95. The lowest BCUT2D eigenvalue weighted by Gasteiger charge is -2.03. The van der Waals surface area contributed by atoms with Crippen molar-refractivity contribution in [2.75, 3.05) is 0 Å². The van der Waals surface area contributed by atoms with Crippen molar-refractivity contribution in [2.45, 2.75) is 25.4 Å². The second-order valence-corrected chi connectivity index (χ2v) is 4.36. The highest BCUT2D eigenvalue weighted by atomic mass is 35.5. The van der Waals surface area contributed by atoms with E-state index in [4.69, 9.17) is 11.6 Å². The molecule has 4 heteroatoms. The van der Waals surface area contributed by atoms with E-state index in [9.17, 15) is 0 Å². The van der Waals surface area contributed by atoms with Gasteiger partial charge in [0, 0.05) is 18.8 Å². The summed E-state index contributed by atoms with van der Waals surface area (Å²) in [5, 5.41) is 4.17. The molecule has 0 bridgehead atoms. The molecule has 2 heterocycles. The van der Waals surface area contributed by atoms with Gasteiger partial charge in [0.2, 0.25) is 0 Å². The molecule has 0 unspecified atom stereocenters. The predicted octanol–water partition coefficient (Wildman–Crippen LogP) is 2.24. The van der Waals surface area contributed by atoms with Gasteiger partial charge in [-0.1, -0.05) is 11.6 Å². The Morgan fingerprint density at radius 1 is 1.53 bits per heavy atom. The first-order chi connectivity index (χ1) is 7.34. The van der Waals surface area contributed by atoms with Crippen LogP contribution in [-0.2, 0) is 6.54 Å². The van der Waals surface area contributed by atoms with Crippen molar-refractivity contribution < 1.29 is 0 Å². The fraction of sp³-hybridized carbons (Fsp3) is 0.364. The normalized spacial score (nSPS) is 16.1. The molecule has 3 rings (SSSR count). The maximum absolute atomic E-state index is 6.04. The van der Waals surface area contributed by atoms with Crippen LogP contribution >= 0.6 is 11.6 Å². The van der Waals surface area contributed by atoms with Gasteiger partial charge in [0.25, 0.3) is 0 Å². The Bertz CT molecular complexity index is 488. The smallest absolute Gasteiger partial charge is 0.155 e. The monoisotopic (exact) mass is 221 g/mol. The topological polar surface area (TPSA) is 29.3 Å². The number of imidazole rings is 1. The first-order valence-corrected chi connectivity index (χ1v) is 5.56. The van der Waals surface area contributed by atoms with Crippen molar-refractivity contribution in [3.63, 3.8) is 0 Å². The lowest BCUT2D eigenvalue weighted by molar-refractivity contribution is 0.670. The molecule has 0 aliphatic heterocycles. The number of fused-ring (bicyclic) bond motifs is 1. The van der Waals surface area contributed by atoms with Crippen LogP contribution in [0.5, 0.6) is 0 Å². The van der Waals surface area contributed by atoms with Crippen molar-refractivity contribution in [1.82, 2.24) is 14.7 Å². The Hall–Kier alpha value is -1.06. The molecule has 0 atom stereocenters. The number of nitrogens with zero attached hydrogens (tertiary/aromatic N) is 2. The van der Waals surface area contributed by atoms with E-state index in [0.29, 0.717) is 5.02 Å². The molecule has 1 aliphatic rings. The van der Waals surface area contributed by atoms with Crippen LogP contribution in [0.4, 0.5) is 0 Å². The van der Waals surface area contributed by atoms with Gasteiger partial charge in [-0.2, -0.15) is 0 Å². The quantitative estimate of drug-likeness (QED) is 0.862. The van der Waals surface area contributed by atoms with Gasteiger partial charge < -0.3 is 9.72 Å². The SMILES string of the molecule is Clc1cccn2c(CNC3CC3)cnc12. The second kappa shape index (κ2) is 3.51. The average molecular weight is 222 g/mol. The van der Waals surface area contributed by atoms with Crippen LogP contribution < -0.4 is 5.32 Å². The molecule has 0 saturated heterocycles. The minimum Gasteiger partial charge on any atom is -0.308 e. The molecule has 1 saturated carbocycles. The van der Waals surface area contributed by atoms with E-state index >= 15 is 0 Å². The highest BCUT2D eigenvalue weighted by molar-refractivity contribution is 6.33. The summed E-state index contributed by atoms with van der Waals surface area (Å²) < 4.78 is 2.04. The minimum atomic E-state index is 0.704. The van der Waals surface area contributed by atoms with E-state index < -0.39 is 0 Å². The average Bonchev–Trinajstić information content (AvgIpc) is 2.97. The Morgan fingerprint density at radius 2 is 2.40 bits per heavy atom. The molecule has 0 aromatic carbocycles. The highest BCUT2D eigenvalue weighted by Gasteiger charge is 2.20. The van der Waals surface area contributed by atoms with Gasteiger partial charge in [-0.05, 0) is 25.0 Å². The van der Waals surface area contributed by atoms with Crippen LogP contribution in [0, 0.1) is 0 Å². The number of halogens is 1. The molecule has 1 aliphatic carbocycles. The summed E-state index contributed by atoms with van der Waals surface area (Å²) in [5.41, 5.74) is 2.01. The van der Waals surface area contributed by atoms with Crippen LogP contribution in [0.15, 0.2) is 24.5 Å². The zero-order chi connectivity index (χ0) is 10.3. The summed E-state index contributed by atoms with van der Waals surface area (Å²) in [5.74, 6) is 0. The van der Waals surface area contributed by atoms with Gasteiger partial charge in [-0.3, -0.25) is 0 Å². The van der Waals surface area contributed by atoms with Crippen LogP contribution in [-0.4, -0.2) is 15.4 Å². The number of rotatable bonds is 3. The van der Waals surface area contributed by atoms with Crippen LogP contribution in [0.2, 0.25) is 5.02 Å². The van der Waals surface area contributed by atoms with Crippen molar-refractivity contribution in [2.24, 2.45) is 0 Å². The fourth-order valence-electron chi connectivity index (χ4n) is 1.69. The van der Waals surface area contributed by atoms with Gasteiger partial charge in [-0.15, -0.1) is 0 Å². The third-order valence-corrected chi connectivity index (χ3v) is 3.01. The van der Waals surface area contributed by atoms with E-state index in [0.717, 1.165) is 18.2 Å². The first-order valence-electron chi connectivity index (χ1n) is 5.18. The van der Waals surface area contributed by atoms with Crippen molar-refractivity contribution >= 4 is 17.2 Å². The fourth-order valence-corrected chi connectivity index (χ4v) is 1.91. The lowest BCUT2D eigenvalue weighted by Crippen LogP contribution is -2.16. The summed E-state index contributed by atoms with van der Waals surface area (Å²) in [6, 6.07) is 4.52. The largest absolute Gasteiger partial charge is 0.308 e. The Labute approximate surface area is 93.1 Å². The maximum atomic E-state index is 6.04. The number of hydrogen-bond acceptors (Lipinski definition) is 2. The molecule has 1 N–H and O–H groups in total. The van der Waals surface area contributed by atoms with E-state index in [2.05, 4.69) is 10.3 Å². The molecule has 1 fully saturated rings. The Morgan fingerprint density at radius 3 is 3.20 bits per heavy atom. The van der Waals surface area contributed by atoms with Crippen molar-refractivity contribution in [1.29, 1.82) is 0 Å². The summed E-state index contributed by atoms with van der Waals surface area (Å²) in [6.45, 7) is 0.867. The summed E-state index contributed by atoms with van der Waals surface area (Å²) in [6.07, 6.45) is 6.49. The highest BCUT2D eigenvalue weighted by Crippen LogP contribution is 2.20. The van der Waals surface area contributed by atoms with Crippen molar-refractivity contribution in [3.8, 4) is 0 Å². The van der Waals surface area contributed by atoms with Crippen LogP contribution in [0.25, 0.3) is 5.65 Å². The van der Waals surface area contributed by atoms with E-state index in [-0.39, 0.29) is 0 Å². The summed E-state index contributed by atoms with van der Waals surface area (Å²) in [7, 11) is 0. The summed E-state index contributed by atoms with van der Waals surface area (Å²) >= 11 is 6.04. The summed E-state index contributed by atoms with van der Waals surface area (Å²) in [4.78, 5) is 4.31. The first kappa shape index (κ1) is 9.19. The Kier molecular flexibility index (Phi) is 2.15. The molecule has 0 radical (unpaired) electrons. The number of pyridine rings is 1. The zero-order valence-electron chi connectivity index (χ0n) is 8.28. The van der Waals surface area contributed by atoms with Gasteiger partial charge >= 0.3 is 0 Å². The van der Waals surface area contributed by atoms with Gasteiger partial charge in [-0.25, -0.2) is 4.98 Å².